The van der Waals surface area contributed by atoms with Gasteiger partial charge in [-0.15, -0.1) is 0 Å². The van der Waals surface area contributed by atoms with Gasteiger partial charge in [0.05, 0.1) is 5.52 Å². The maximum atomic E-state index is 6.02. The number of anilines is 1. The van der Waals surface area contributed by atoms with Crippen LogP contribution in [0.5, 0.6) is 0 Å². The molecule has 0 amide bonds. The van der Waals surface area contributed by atoms with E-state index in [0.717, 1.165) is 22.5 Å². The summed E-state index contributed by atoms with van der Waals surface area (Å²) >= 11 is 0. The Morgan fingerprint density at radius 1 is 1.13 bits per heavy atom. The maximum absolute atomic E-state index is 6.02. The highest BCUT2D eigenvalue weighted by molar-refractivity contribution is 5.97. The first kappa shape index (κ1) is 8.17. The van der Waals surface area contributed by atoms with Gasteiger partial charge in [-0.25, -0.2) is 0 Å². The molecule has 0 saturated carbocycles. The van der Waals surface area contributed by atoms with Crippen LogP contribution in [0, 0.1) is 0 Å². The lowest BCUT2D eigenvalue weighted by Gasteiger charge is -2.09. The second-order valence-electron chi connectivity index (χ2n) is 3.56. The molecule has 2 heterocycles. The number of fused-ring (bicyclic) bond motifs is 3. The number of nitrogens with one attached hydrogen (secondary N) is 2. The Bertz CT molecular complexity index is 576. The molecule has 3 nitrogen and oxygen atoms in total. The van der Waals surface area contributed by atoms with Crippen LogP contribution in [-0.4, -0.2) is 4.98 Å². The van der Waals surface area contributed by atoms with Gasteiger partial charge < -0.3 is 16.0 Å². The Labute approximate surface area is 87.3 Å². The summed E-state index contributed by atoms with van der Waals surface area (Å²) in [6.45, 7) is 0. The molecule has 0 saturated heterocycles. The molecule has 3 heteroatoms. The van der Waals surface area contributed by atoms with E-state index >= 15 is 0 Å². The third kappa shape index (κ3) is 1.13. The smallest absolute Gasteiger partial charge is 0.0569 e. The summed E-state index contributed by atoms with van der Waals surface area (Å²) in [5.74, 6) is 0. The summed E-state index contributed by atoms with van der Waals surface area (Å²) in [6, 6.07) is 6.16. The summed E-state index contributed by atoms with van der Waals surface area (Å²) < 4.78 is 0. The second kappa shape index (κ2) is 2.92. The van der Waals surface area contributed by atoms with Crippen molar-refractivity contribution in [1.82, 2.24) is 4.98 Å². The Kier molecular flexibility index (Phi) is 1.59. The molecule has 4 N–H and O–H groups in total. The van der Waals surface area contributed by atoms with E-state index < -0.39 is 0 Å². The molecule has 3 rings (SSSR count). The number of H-pyrrole nitrogens is 1. The molecule has 0 spiro atoms. The predicted molar refractivity (Wildman–Crippen MR) is 63.2 cm³/mol. The van der Waals surface area contributed by atoms with Crippen molar-refractivity contribution in [2.75, 3.05) is 5.32 Å². The maximum Gasteiger partial charge on any atom is 0.0569 e. The third-order valence-electron chi connectivity index (χ3n) is 2.63. The number of nitrogens with two attached hydrogens (primary N) is 1. The Morgan fingerprint density at radius 2 is 2.07 bits per heavy atom. The number of benzene rings is 1. The lowest BCUT2D eigenvalue weighted by atomic mass is 10.1. The standard InChI is InChI=1S/C12H11N3/c13-9-2-1-6-14-10-4-3-8-5-7-15-12(8)11(9)10/h1-7,14-15H,13H2. The van der Waals surface area contributed by atoms with Gasteiger partial charge in [-0.2, -0.15) is 0 Å². The fourth-order valence-corrected chi connectivity index (χ4v) is 1.92. The van der Waals surface area contributed by atoms with Gasteiger partial charge >= 0.3 is 0 Å². The SMILES string of the molecule is NC1=CC=CNc2ccc3cc[nH]c3c21. The van der Waals surface area contributed by atoms with Gasteiger partial charge in [0.25, 0.3) is 0 Å². The zero-order valence-corrected chi connectivity index (χ0v) is 8.12. The average Bonchev–Trinajstić information content (AvgIpc) is 2.63. The molecule has 0 atom stereocenters. The van der Waals surface area contributed by atoms with E-state index in [1.165, 1.54) is 5.39 Å². The molecule has 1 aromatic carbocycles. The van der Waals surface area contributed by atoms with Crippen molar-refractivity contribution in [1.29, 1.82) is 0 Å². The predicted octanol–water partition coefficient (Wildman–Crippen LogP) is 2.41. The van der Waals surface area contributed by atoms with Crippen molar-refractivity contribution in [3.63, 3.8) is 0 Å². The quantitative estimate of drug-likeness (QED) is 0.607. The Balaban J connectivity index is 2.41. The van der Waals surface area contributed by atoms with E-state index in [2.05, 4.69) is 16.4 Å². The van der Waals surface area contributed by atoms with Crippen LogP contribution in [0.25, 0.3) is 16.6 Å². The molecule has 74 valence electrons. The minimum absolute atomic E-state index is 0.777. The average molecular weight is 197 g/mol. The van der Waals surface area contributed by atoms with Gasteiger partial charge in [0.2, 0.25) is 0 Å². The lowest BCUT2D eigenvalue weighted by molar-refractivity contribution is 1.44. The Hall–Kier alpha value is -2.16. The molecular formula is C12H11N3. The highest BCUT2D eigenvalue weighted by atomic mass is 14.9. The fraction of sp³-hybridized carbons (Fsp3) is 0. The van der Waals surface area contributed by atoms with Gasteiger partial charge in [-0.05, 0) is 24.3 Å². The van der Waals surface area contributed by atoms with Crippen LogP contribution in [-0.2, 0) is 0 Å². The number of allylic oxidation sites excluding steroid dienone is 2. The lowest BCUT2D eigenvalue weighted by Crippen LogP contribution is -1.99. The zero-order chi connectivity index (χ0) is 10.3. The minimum atomic E-state index is 0.777. The normalized spacial score (nSPS) is 14.3. The van der Waals surface area contributed by atoms with Crippen molar-refractivity contribution in [2.24, 2.45) is 5.73 Å². The molecule has 0 radical (unpaired) electrons. The van der Waals surface area contributed by atoms with Crippen molar-refractivity contribution >= 4 is 22.3 Å². The van der Waals surface area contributed by atoms with Gasteiger partial charge in [-0.1, -0.05) is 6.07 Å². The molecule has 15 heavy (non-hydrogen) atoms. The molecule has 0 fully saturated rings. The van der Waals surface area contributed by atoms with Crippen LogP contribution < -0.4 is 11.1 Å². The molecule has 0 aliphatic carbocycles. The van der Waals surface area contributed by atoms with Gasteiger partial charge in [0, 0.05) is 34.7 Å². The molecule has 1 aliphatic heterocycles. The molecular weight excluding hydrogens is 186 g/mol. The first-order valence-electron chi connectivity index (χ1n) is 4.85. The van der Waals surface area contributed by atoms with Gasteiger partial charge in [0.1, 0.15) is 0 Å². The zero-order valence-electron chi connectivity index (χ0n) is 8.12. The third-order valence-corrected chi connectivity index (χ3v) is 2.63. The van der Waals surface area contributed by atoms with E-state index in [1.54, 1.807) is 0 Å². The fourth-order valence-electron chi connectivity index (χ4n) is 1.92. The number of aromatic amines is 1. The van der Waals surface area contributed by atoms with Crippen LogP contribution in [0.4, 0.5) is 5.69 Å². The Morgan fingerprint density at radius 3 is 3.00 bits per heavy atom. The summed E-state index contributed by atoms with van der Waals surface area (Å²) in [5, 5.41) is 4.38. The number of aromatic nitrogens is 1. The number of rotatable bonds is 0. The van der Waals surface area contributed by atoms with E-state index in [-0.39, 0.29) is 0 Å². The largest absolute Gasteiger partial charge is 0.398 e. The molecule has 0 unspecified atom stereocenters. The number of hydrogen-bond donors (Lipinski definition) is 3. The van der Waals surface area contributed by atoms with Crippen molar-refractivity contribution < 1.29 is 0 Å². The number of hydrogen-bond acceptors (Lipinski definition) is 2. The summed E-state index contributed by atoms with van der Waals surface area (Å²) in [6.07, 6.45) is 7.62. The van der Waals surface area contributed by atoms with Crippen LogP contribution in [0.2, 0.25) is 0 Å². The second-order valence-corrected chi connectivity index (χ2v) is 3.56. The minimum Gasteiger partial charge on any atom is -0.398 e. The van der Waals surface area contributed by atoms with Crippen LogP contribution in [0.3, 0.4) is 0 Å². The highest BCUT2D eigenvalue weighted by Crippen LogP contribution is 2.30. The summed E-state index contributed by atoms with van der Waals surface area (Å²) in [7, 11) is 0. The van der Waals surface area contributed by atoms with Crippen molar-refractivity contribution in [3.05, 3.63) is 48.3 Å². The molecule has 1 aromatic heterocycles. The van der Waals surface area contributed by atoms with Crippen LogP contribution >= 0.6 is 0 Å². The van der Waals surface area contributed by atoms with E-state index in [0.29, 0.717) is 0 Å². The van der Waals surface area contributed by atoms with Gasteiger partial charge in [-0.3, -0.25) is 0 Å². The topological polar surface area (TPSA) is 53.8 Å². The van der Waals surface area contributed by atoms with Crippen LogP contribution in [0.15, 0.2) is 42.7 Å². The molecule has 1 aliphatic rings. The highest BCUT2D eigenvalue weighted by Gasteiger charge is 2.11. The van der Waals surface area contributed by atoms with Gasteiger partial charge in [0.15, 0.2) is 0 Å². The van der Waals surface area contributed by atoms with E-state index in [1.807, 2.05) is 36.7 Å². The van der Waals surface area contributed by atoms with Crippen molar-refractivity contribution in [2.45, 2.75) is 0 Å². The molecule has 2 aromatic rings. The summed E-state index contributed by atoms with van der Waals surface area (Å²) in [5.41, 5.74) is 9.96. The molecule has 0 bridgehead atoms. The van der Waals surface area contributed by atoms with E-state index in [9.17, 15) is 0 Å². The first-order chi connectivity index (χ1) is 7.36. The van der Waals surface area contributed by atoms with Crippen molar-refractivity contribution in [3.8, 4) is 0 Å². The van der Waals surface area contributed by atoms with E-state index in [4.69, 9.17) is 5.73 Å². The summed E-state index contributed by atoms with van der Waals surface area (Å²) in [4.78, 5) is 3.22. The van der Waals surface area contributed by atoms with Crippen LogP contribution in [0.1, 0.15) is 5.56 Å². The first-order valence-corrected chi connectivity index (χ1v) is 4.85. The monoisotopic (exact) mass is 197 g/mol.